The van der Waals surface area contributed by atoms with Crippen LogP contribution in [0, 0.1) is 5.82 Å². The molecule has 0 unspecified atom stereocenters. The highest BCUT2D eigenvalue weighted by Gasteiger charge is 2.19. The average molecular weight is 308 g/mol. The third kappa shape index (κ3) is 3.91. The molecule has 1 aromatic heterocycles. The number of benzene rings is 1. The van der Waals surface area contributed by atoms with Crippen LogP contribution in [-0.2, 0) is 5.41 Å². The van der Waals surface area contributed by atoms with Crippen molar-refractivity contribution in [2.45, 2.75) is 33.1 Å². The van der Waals surface area contributed by atoms with Gasteiger partial charge in [0, 0.05) is 28.6 Å². The summed E-state index contributed by atoms with van der Waals surface area (Å²) in [6.07, 6.45) is 0. The molecule has 0 radical (unpaired) electrons. The van der Waals surface area contributed by atoms with Gasteiger partial charge >= 0.3 is 0 Å². The summed E-state index contributed by atoms with van der Waals surface area (Å²) in [6, 6.07) is 6.22. The number of rotatable bonds is 3. The van der Waals surface area contributed by atoms with E-state index in [9.17, 15) is 4.39 Å². The van der Waals surface area contributed by atoms with Gasteiger partial charge in [-0.25, -0.2) is 14.4 Å². The van der Waals surface area contributed by atoms with Gasteiger partial charge in [0.1, 0.15) is 17.5 Å². The predicted octanol–water partition coefficient (Wildman–Crippen LogP) is 4.67. The van der Waals surface area contributed by atoms with E-state index in [1.807, 2.05) is 33.8 Å². The first-order chi connectivity index (χ1) is 9.79. The Morgan fingerprint density at radius 1 is 1.14 bits per heavy atom. The normalized spacial score (nSPS) is 11.5. The van der Waals surface area contributed by atoms with Crippen LogP contribution in [0.5, 0.6) is 0 Å². The SMILES string of the molecule is CCNc1cc(-c2cc(F)cc(Cl)c2)nc(C(C)(C)C)n1. The van der Waals surface area contributed by atoms with Crippen LogP contribution < -0.4 is 5.32 Å². The van der Waals surface area contributed by atoms with E-state index in [0.717, 1.165) is 12.4 Å². The summed E-state index contributed by atoms with van der Waals surface area (Å²) in [5, 5.41) is 3.53. The number of nitrogens with one attached hydrogen (secondary N) is 1. The molecule has 0 aliphatic carbocycles. The zero-order valence-electron chi connectivity index (χ0n) is 12.7. The van der Waals surface area contributed by atoms with Gasteiger partial charge in [0.15, 0.2) is 0 Å². The van der Waals surface area contributed by atoms with Gasteiger partial charge in [-0.15, -0.1) is 0 Å². The lowest BCUT2D eigenvalue weighted by atomic mass is 9.95. The Kier molecular flexibility index (Phi) is 4.47. The fourth-order valence-corrected chi connectivity index (χ4v) is 2.13. The molecule has 0 atom stereocenters. The lowest BCUT2D eigenvalue weighted by Crippen LogP contribution is -2.17. The standard InChI is InChI=1S/C16H19ClFN3/c1-5-19-14-9-13(20-15(21-14)16(2,3)4)10-6-11(17)8-12(18)7-10/h6-9H,5H2,1-4H3,(H,19,20,21). The fraction of sp³-hybridized carbons (Fsp3) is 0.375. The van der Waals surface area contributed by atoms with Crippen molar-refractivity contribution < 1.29 is 4.39 Å². The molecule has 0 fully saturated rings. The zero-order valence-corrected chi connectivity index (χ0v) is 13.4. The van der Waals surface area contributed by atoms with E-state index in [4.69, 9.17) is 11.6 Å². The Bertz CT molecular complexity index is 630. The molecule has 5 heteroatoms. The van der Waals surface area contributed by atoms with Crippen LogP contribution in [0.15, 0.2) is 24.3 Å². The van der Waals surface area contributed by atoms with Gasteiger partial charge in [-0.05, 0) is 25.1 Å². The Morgan fingerprint density at radius 3 is 2.43 bits per heavy atom. The van der Waals surface area contributed by atoms with Crippen LogP contribution in [-0.4, -0.2) is 16.5 Å². The van der Waals surface area contributed by atoms with Crippen LogP contribution in [0.2, 0.25) is 5.02 Å². The number of nitrogens with zero attached hydrogens (tertiary/aromatic N) is 2. The molecule has 112 valence electrons. The van der Waals surface area contributed by atoms with Gasteiger partial charge in [0.25, 0.3) is 0 Å². The summed E-state index contributed by atoms with van der Waals surface area (Å²) in [7, 11) is 0. The van der Waals surface area contributed by atoms with Crippen molar-refractivity contribution in [3.63, 3.8) is 0 Å². The smallest absolute Gasteiger partial charge is 0.136 e. The van der Waals surface area contributed by atoms with E-state index >= 15 is 0 Å². The molecule has 1 aromatic carbocycles. The molecule has 0 aliphatic rings. The summed E-state index contributed by atoms with van der Waals surface area (Å²) in [6.45, 7) is 8.88. The van der Waals surface area contributed by atoms with Crippen LogP contribution in [0.3, 0.4) is 0 Å². The van der Waals surface area contributed by atoms with Crippen molar-refractivity contribution in [1.29, 1.82) is 0 Å². The number of aromatic nitrogens is 2. The molecule has 0 saturated carbocycles. The molecule has 0 spiro atoms. The van der Waals surface area contributed by atoms with E-state index in [2.05, 4.69) is 15.3 Å². The number of hydrogen-bond donors (Lipinski definition) is 1. The van der Waals surface area contributed by atoms with Gasteiger partial charge in [0.05, 0.1) is 5.69 Å². The summed E-state index contributed by atoms with van der Waals surface area (Å²) < 4.78 is 13.6. The van der Waals surface area contributed by atoms with Gasteiger partial charge in [-0.2, -0.15) is 0 Å². The fourth-order valence-electron chi connectivity index (χ4n) is 1.90. The number of hydrogen-bond acceptors (Lipinski definition) is 3. The molecular weight excluding hydrogens is 289 g/mol. The van der Waals surface area contributed by atoms with Crippen LogP contribution in [0.1, 0.15) is 33.5 Å². The highest BCUT2D eigenvalue weighted by atomic mass is 35.5. The number of halogens is 2. The summed E-state index contributed by atoms with van der Waals surface area (Å²) in [5.41, 5.74) is 1.11. The molecule has 0 amide bonds. The van der Waals surface area contributed by atoms with E-state index in [1.54, 1.807) is 6.07 Å². The molecular formula is C16H19ClFN3. The maximum atomic E-state index is 13.6. The molecule has 0 aliphatic heterocycles. The molecule has 1 heterocycles. The average Bonchev–Trinajstić information content (AvgIpc) is 2.36. The lowest BCUT2D eigenvalue weighted by Gasteiger charge is -2.19. The first kappa shape index (κ1) is 15.7. The van der Waals surface area contributed by atoms with Crippen LogP contribution >= 0.6 is 11.6 Å². The van der Waals surface area contributed by atoms with Crippen molar-refractivity contribution >= 4 is 17.4 Å². The zero-order chi connectivity index (χ0) is 15.6. The summed E-state index contributed by atoms with van der Waals surface area (Å²) >= 11 is 5.93. The summed E-state index contributed by atoms with van der Waals surface area (Å²) in [4.78, 5) is 9.08. The first-order valence-corrected chi connectivity index (χ1v) is 7.27. The summed E-state index contributed by atoms with van der Waals surface area (Å²) in [5.74, 6) is 1.06. The van der Waals surface area contributed by atoms with Gasteiger partial charge in [0.2, 0.25) is 0 Å². The Labute approximate surface area is 129 Å². The molecule has 21 heavy (non-hydrogen) atoms. The number of anilines is 1. The third-order valence-electron chi connectivity index (χ3n) is 2.91. The van der Waals surface area contributed by atoms with Gasteiger partial charge in [-0.3, -0.25) is 0 Å². The van der Waals surface area contributed by atoms with Crippen molar-refractivity contribution in [3.05, 3.63) is 40.9 Å². The topological polar surface area (TPSA) is 37.8 Å². The quantitative estimate of drug-likeness (QED) is 0.895. The molecule has 0 bridgehead atoms. The van der Waals surface area contributed by atoms with E-state index in [0.29, 0.717) is 22.1 Å². The minimum atomic E-state index is -0.376. The third-order valence-corrected chi connectivity index (χ3v) is 3.13. The molecule has 2 rings (SSSR count). The first-order valence-electron chi connectivity index (χ1n) is 6.89. The maximum absolute atomic E-state index is 13.6. The van der Waals surface area contributed by atoms with Crippen molar-refractivity contribution in [2.75, 3.05) is 11.9 Å². The molecule has 3 nitrogen and oxygen atoms in total. The van der Waals surface area contributed by atoms with E-state index < -0.39 is 0 Å². The van der Waals surface area contributed by atoms with Gasteiger partial charge in [-0.1, -0.05) is 32.4 Å². The second-order valence-electron chi connectivity index (χ2n) is 5.90. The van der Waals surface area contributed by atoms with E-state index in [1.165, 1.54) is 12.1 Å². The van der Waals surface area contributed by atoms with Crippen molar-refractivity contribution in [2.24, 2.45) is 0 Å². The molecule has 1 N–H and O–H groups in total. The highest BCUT2D eigenvalue weighted by molar-refractivity contribution is 6.30. The van der Waals surface area contributed by atoms with Crippen molar-refractivity contribution in [1.82, 2.24) is 9.97 Å². The van der Waals surface area contributed by atoms with Gasteiger partial charge < -0.3 is 5.32 Å². The monoisotopic (exact) mass is 307 g/mol. The second-order valence-corrected chi connectivity index (χ2v) is 6.34. The molecule has 0 saturated heterocycles. The van der Waals surface area contributed by atoms with E-state index in [-0.39, 0.29) is 11.2 Å². The molecule has 2 aromatic rings. The highest BCUT2D eigenvalue weighted by Crippen LogP contribution is 2.27. The largest absolute Gasteiger partial charge is 0.370 e. The Balaban J connectivity index is 2.59. The predicted molar refractivity (Wildman–Crippen MR) is 85.3 cm³/mol. The Morgan fingerprint density at radius 2 is 1.86 bits per heavy atom. The maximum Gasteiger partial charge on any atom is 0.136 e. The lowest BCUT2D eigenvalue weighted by molar-refractivity contribution is 0.546. The van der Waals surface area contributed by atoms with Crippen LogP contribution in [0.4, 0.5) is 10.2 Å². The second kappa shape index (κ2) is 5.98. The minimum absolute atomic E-state index is 0.197. The minimum Gasteiger partial charge on any atom is -0.370 e. The van der Waals surface area contributed by atoms with Crippen LogP contribution in [0.25, 0.3) is 11.3 Å². The van der Waals surface area contributed by atoms with Crippen molar-refractivity contribution in [3.8, 4) is 11.3 Å². The Hall–Kier alpha value is -1.68.